The SMILES string of the molecule is CNC(=O)/C=C\N(C=O)C1OC(COPNC(C)C(=O)OCc2ccccc2)CC1C. The van der Waals surface area contributed by atoms with Crippen molar-refractivity contribution in [2.24, 2.45) is 5.92 Å². The van der Waals surface area contributed by atoms with Crippen molar-refractivity contribution in [3.05, 3.63) is 48.2 Å². The van der Waals surface area contributed by atoms with E-state index in [9.17, 15) is 14.4 Å². The molecule has 2 amide bonds. The van der Waals surface area contributed by atoms with Gasteiger partial charge in [0.25, 0.3) is 0 Å². The van der Waals surface area contributed by atoms with Gasteiger partial charge in [-0.15, -0.1) is 0 Å². The standard InChI is InChI=1S/C21H30N3O6P/c1-15-11-18(30-20(15)24(14-25)10-9-19(26)22-3)13-29-31-23-16(2)21(27)28-12-17-7-5-4-6-8-17/h4-10,14-16,18,20,23,31H,11-13H2,1-3H3,(H,22,26)/b10-9-. The van der Waals surface area contributed by atoms with Gasteiger partial charge in [-0.1, -0.05) is 37.3 Å². The van der Waals surface area contributed by atoms with Crippen LogP contribution < -0.4 is 10.4 Å². The molecule has 1 saturated heterocycles. The first-order valence-electron chi connectivity index (χ1n) is 10.1. The molecule has 1 aliphatic rings. The summed E-state index contributed by atoms with van der Waals surface area (Å²) in [5, 5.41) is 5.45. The second-order valence-electron chi connectivity index (χ2n) is 7.22. The van der Waals surface area contributed by atoms with Gasteiger partial charge in [0.15, 0.2) is 0 Å². The fourth-order valence-electron chi connectivity index (χ4n) is 2.98. The van der Waals surface area contributed by atoms with Gasteiger partial charge in [0.2, 0.25) is 12.3 Å². The zero-order chi connectivity index (χ0) is 22.6. The van der Waals surface area contributed by atoms with Gasteiger partial charge < -0.3 is 19.3 Å². The number of esters is 1. The predicted octanol–water partition coefficient (Wildman–Crippen LogP) is 1.70. The van der Waals surface area contributed by atoms with Crippen molar-refractivity contribution >= 4 is 27.2 Å². The molecule has 1 aromatic carbocycles. The molecule has 0 aliphatic carbocycles. The molecule has 1 aromatic rings. The Balaban J connectivity index is 1.67. The molecule has 0 saturated carbocycles. The van der Waals surface area contributed by atoms with E-state index >= 15 is 0 Å². The van der Waals surface area contributed by atoms with E-state index in [0.717, 1.165) is 5.56 Å². The molecule has 170 valence electrons. The molecule has 1 fully saturated rings. The van der Waals surface area contributed by atoms with Crippen LogP contribution in [0.5, 0.6) is 0 Å². The van der Waals surface area contributed by atoms with E-state index in [4.69, 9.17) is 14.0 Å². The molecule has 0 bridgehead atoms. The zero-order valence-electron chi connectivity index (χ0n) is 17.9. The highest BCUT2D eigenvalue weighted by Gasteiger charge is 2.35. The number of benzene rings is 1. The monoisotopic (exact) mass is 451 g/mol. The Morgan fingerprint density at radius 2 is 2.10 bits per heavy atom. The lowest BCUT2D eigenvalue weighted by atomic mass is 10.1. The van der Waals surface area contributed by atoms with Crippen LogP contribution in [0.4, 0.5) is 0 Å². The van der Waals surface area contributed by atoms with Crippen molar-refractivity contribution in [2.75, 3.05) is 13.7 Å². The first kappa shape index (κ1) is 24.9. The van der Waals surface area contributed by atoms with Gasteiger partial charge in [0, 0.05) is 25.2 Å². The molecule has 0 aromatic heterocycles. The minimum atomic E-state index is -0.501. The molecule has 0 radical (unpaired) electrons. The summed E-state index contributed by atoms with van der Waals surface area (Å²) in [6.07, 6.45) is 3.37. The highest BCUT2D eigenvalue weighted by atomic mass is 31.1. The number of hydrogen-bond donors (Lipinski definition) is 2. The number of carbonyl (C=O) groups excluding carboxylic acids is 3. The van der Waals surface area contributed by atoms with Crippen LogP contribution in [-0.4, -0.2) is 55.2 Å². The van der Waals surface area contributed by atoms with Gasteiger partial charge >= 0.3 is 5.97 Å². The van der Waals surface area contributed by atoms with Gasteiger partial charge in [0.05, 0.1) is 21.7 Å². The summed E-state index contributed by atoms with van der Waals surface area (Å²) in [6, 6.07) is 8.98. The summed E-state index contributed by atoms with van der Waals surface area (Å²) < 4.78 is 16.8. The largest absolute Gasteiger partial charge is 0.460 e. The van der Waals surface area contributed by atoms with Crippen LogP contribution in [0.25, 0.3) is 0 Å². The Morgan fingerprint density at radius 1 is 1.35 bits per heavy atom. The van der Waals surface area contributed by atoms with Gasteiger partial charge in [-0.2, -0.15) is 0 Å². The van der Waals surface area contributed by atoms with E-state index in [-0.39, 0.29) is 39.5 Å². The summed E-state index contributed by atoms with van der Waals surface area (Å²) in [7, 11) is 1.41. The smallest absolute Gasteiger partial charge is 0.323 e. The highest BCUT2D eigenvalue weighted by Crippen LogP contribution is 2.29. The van der Waals surface area contributed by atoms with Crippen LogP contribution in [0, 0.1) is 5.92 Å². The van der Waals surface area contributed by atoms with Crippen molar-refractivity contribution in [1.82, 2.24) is 15.3 Å². The van der Waals surface area contributed by atoms with Crippen LogP contribution in [0.1, 0.15) is 25.8 Å². The van der Waals surface area contributed by atoms with E-state index in [0.29, 0.717) is 19.4 Å². The minimum Gasteiger partial charge on any atom is -0.460 e. The third kappa shape index (κ3) is 8.38. The predicted molar refractivity (Wildman–Crippen MR) is 117 cm³/mol. The van der Waals surface area contributed by atoms with Crippen LogP contribution in [0.3, 0.4) is 0 Å². The third-order valence-corrected chi connectivity index (χ3v) is 5.57. The van der Waals surface area contributed by atoms with Crippen molar-refractivity contribution in [3.63, 3.8) is 0 Å². The summed E-state index contributed by atoms with van der Waals surface area (Å²) >= 11 is 0. The number of carbonyl (C=O) groups is 3. The quantitative estimate of drug-likeness (QED) is 0.164. The number of rotatable bonds is 12. The Kier molecular flexibility index (Phi) is 10.6. The second kappa shape index (κ2) is 13.2. The van der Waals surface area contributed by atoms with E-state index in [1.165, 1.54) is 24.2 Å². The summed E-state index contributed by atoms with van der Waals surface area (Å²) in [6.45, 7) is 4.24. The zero-order valence-corrected chi connectivity index (χ0v) is 18.9. The number of nitrogens with one attached hydrogen (secondary N) is 2. The van der Waals surface area contributed by atoms with E-state index in [2.05, 4.69) is 10.4 Å². The first-order valence-corrected chi connectivity index (χ1v) is 11.0. The topological polar surface area (TPSA) is 106 Å². The Hall–Kier alpha value is -2.32. The fourth-order valence-corrected chi connectivity index (χ4v) is 3.63. The number of hydrogen-bond acceptors (Lipinski definition) is 7. The van der Waals surface area contributed by atoms with Gasteiger partial charge in [-0.25, -0.2) is 0 Å². The van der Waals surface area contributed by atoms with Crippen molar-refractivity contribution in [3.8, 4) is 0 Å². The lowest BCUT2D eigenvalue weighted by Crippen LogP contribution is -2.34. The molecule has 0 spiro atoms. The van der Waals surface area contributed by atoms with Crippen LogP contribution in [0.2, 0.25) is 0 Å². The molecular weight excluding hydrogens is 421 g/mol. The van der Waals surface area contributed by atoms with Crippen molar-refractivity contribution < 1.29 is 28.4 Å². The molecule has 5 unspecified atom stereocenters. The highest BCUT2D eigenvalue weighted by molar-refractivity contribution is 7.29. The molecule has 5 atom stereocenters. The van der Waals surface area contributed by atoms with E-state index in [1.54, 1.807) is 6.92 Å². The molecule has 2 rings (SSSR count). The maximum atomic E-state index is 12.1. The van der Waals surface area contributed by atoms with E-state index < -0.39 is 12.3 Å². The summed E-state index contributed by atoms with van der Waals surface area (Å²) in [5.41, 5.74) is 0.929. The molecule has 31 heavy (non-hydrogen) atoms. The number of amides is 2. The van der Waals surface area contributed by atoms with Crippen LogP contribution >= 0.6 is 8.96 Å². The average Bonchev–Trinajstić information content (AvgIpc) is 3.16. The maximum Gasteiger partial charge on any atom is 0.323 e. The lowest BCUT2D eigenvalue weighted by molar-refractivity contribution is -0.146. The minimum absolute atomic E-state index is 0.0799. The average molecular weight is 451 g/mol. The first-order chi connectivity index (χ1) is 14.9. The van der Waals surface area contributed by atoms with Crippen LogP contribution in [0.15, 0.2) is 42.6 Å². The number of likely N-dealkylation sites (N-methyl/N-ethyl adjacent to an activating group) is 1. The van der Waals surface area contributed by atoms with Crippen LogP contribution in [-0.2, 0) is 35.0 Å². The number of nitrogens with zero attached hydrogens (tertiary/aromatic N) is 1. The van der Waals surface area contributed by atoms with Gasteiger partial charge in [-0.05, 0) is 18.9 Å². The molecular formula is C21H30N3O6P. The third-order valence-electron chi connectivity index (χ3n) is 4.71. The Labute approximate surface area is 184 Å². The van der Waals surface area contributed by atoms with Crippen molar-refractivity contribution in [2.45, 2.75) is 45.2 Å². The second-order valence-corrected chi connectivity index (χ2v) is 8.00. The van der Waals surface area contributed by atoms with Gasteiger partial charge in [-0.3, -0.25) is 24.4 Å². The van der Waals surface area contributed by atoms with Gasteiger partial charge in [0.1, 0.15) is 18.9 Å². The molecule has 1 heterocycles. The summed E-state index contributed by atoms with van der Waals surface area (Å²) in [4.78, 5) is 36.1. The number of ether oxygens (including phenoxy) is 2. The Bertz CT molecular complexity index is 748. The Morgan fingerprint density at radius 3 is 2.77 bits per heavy atom. The molecule has 9 nitrogen and oxygen atoms in total. The molecule has 10 heteroatoms. The normalized spacial score (nSPS) is 22.0. The fraction of sp³-hybridized carbons (Fsp3) is 0.476. The molecule has 1 aliphatic heterocycles. The van der Waals surface area contributed by atoms with E-state index in [1.807, 2.05) is 37.3 Å². The summed E-state index contributed by atoms with van der Waals surface area (Å²) in [5.74, 6) is -0.576. The maximum absolute atomic E-state index is 12.1. The van der Waals surface area contributed by atoms with Crippen molar-refractivity contribution in [1.29, 1.82) is 0 Å². The lowest BCUT2D eigenvalue weighted by Gasteiger charge is -2.24. The molecule has 2 N–H and O–H groups in total.